The van der Waals surface area contributed by atoms with Crippen LogP contribution >= 0.6 is 0 Å². The zero-order chi connectivity index (χ0) is 12.1. The van der Waals surface area contributed by atoms with E-state index in [4.69, 9.17) is 4.74 Å². The van der Waals surface area contributed by atoms with Crippen LogP contribution in [0.5, 0.6) is 0 Å². The van der Waals surface area contributed by atoms with Gasteiger partial charge < -0.3 is 4.74 Å². The van der Waals surface area contributed by atoms with Gasteiger partial charge in [-0.2, -0.15) is 0 Å². The van der Waals surface area contributed by atoms with Crippen LogP contribution < -0.4 is 0 Å². The molecule has 1 aromatic carbocycles. The van der Waals surface area contributed by atoms with E-state index in [2.05, 4.69) is 13.0 Å². The Kier molecular flexibility index (Phi) is 3.81. The number of hydrogen-bond acceptors (Lipinski definition) is 2. The van der Waals surface area contributed by atoms with E-state index in [0.29, 0.717) is 13.2 Å². The summed E-state index contributed by atoms with van der Waals surface area (Å²) in [5.41, 5.74) is 1.13. The van der Waals surface area contributed by atoms with Crippen LogP contribution in [-0.2, 0) is 11.3 Å². The number of nitrogens with zero attached hydrogens (tertiary/aromatic N) is 1. The molecule has 0 N–H and O–H groups in total. The molecule has 0 saturated carbocycles. The van der Waals surface area contributed by atoms with Crippen molar-refractivity contribution < 1.29 is 9.53 Å². The third kappa shape index (κ3) is 2.87. The molecule has 90 valence electrons. The van der Waals surface area contributed by atoms with E-state index in [1.54, 1.807) is 4.90 Å². The van der Waals surface area contributed by atoms with Crippen LogP contribution in [0.25, 0.3) is 0 Å². The minimum atomic E-state index is -0.223. The Hall–Kier alpha value is -1.77. The smallest absolute Gasteiger partial charge is 0.410 e. The summed E-state index contributed by atoms with van der Waals surface area (Å²) in [5, 5.41) is 0. The minimum absolute atomic E-state index is 0.0719. The Morgan fingerprint density at radius 2 is 2.18 bits per heavy atom. The van der Waals surface area contributed by atoms with Gasteiger partial charge in [-0.1, -0.05) is 49.4 Å². The highest BCUT2D eigenvalue weighted by Crippen LogP contribution is 2.17. The average molecular weight is 231 g/mol. The van der Waals surface area contributed by atoms with Gasteiger partial charge in [-0.15, -0.1) is 0 Å². The predicted octanol–water partition coefficient (Wildman–Crippen LogP) is 2.97. The predicted molar refractivity (Wildman–Crippen MR) is 66.6 cm³/mol. The zero-order valence-corrected chi connectivity index (χ0v) is 10.0. The third-order valence-corrected chi connectivity index (χ3v) is 2.80. The first kappa shape index (κ1) is 11.7. The first-order valence-electron chi connectivity index (χ1n) is 5.95. The van der Waals surface area contributed by atoms with Crippen molar-refractivity contribution in [1.29, 1.82) is 0 Å². The van der Waals surface area contributed by atoms with Crippen LogP contribution in [0.1, 0.15) is 18.9 Å². The van der Waals surface area contributed by atoms with Gasteiger partial charge in [0.1, 0.15) is 6.61 Å². The number of carbonyl (C=O) groups is 1. The fourth-order valence-corrected chi connectivity index (χ4v) is 1.88. The Morgan fingerprint density at radius 3 is 2.88 bits per heavy atom. The standard InChI is InChI=1S/C14H17NO2/c1-2-3-9-13-11-17-14(16)15(13)10-12-7-5-4-6-8-12/h3-9,13H,2,10-11H2,1H3/b9-3-/t13-/m1/s1. The van der Waals surface area contributed by atoms with E-state index >= 15 is 0 Å². The van der Waals surface area contributed by atoms with Gasteiger partial charge in [0.2, 0.25) is 0 Å². The summed E-state index contributed by atoms with van der Waals surface area (Å²) < 4.78 is 5.08. The Labute approximate surface area is 102 Å². The van der Waals surface area contributed by atoms with Crippen molar-refractivity contribution in [2.75, 3.05) is 6.61 Å². The van der Waals surface area contributed by atoms with Crippen LogP contribution in [0.3, 0.4) is 0 Å². The Balaban J connectivity index is 2.06. The van der Waals surface area contributed by atoms with Gasteiger partial charge in [0, 0.05) is 6.54 Å². The first-order valence-corrected chi connectivity index (χ1v) is 5.95. The lowest BCUT2D eigenvalue weighted by Gasteiger charge is -2.18. The van der Waals surface area contributed by atoms with Crippen LogP contribution in [0.2, 0.25) is 0 Å². The van der Waals surface area contributed by atoms with Crippen molar-refractivity contribution in [3.05, 3.63) is 48.0 Å². The van der Waals surface area contributed by atoms with Crippen molar-refractivity contribution in [2.24, 2.45) is 0 Å². The van der Waals surface area contributed by atoms with E-state index in [1.165, 1.54) is 0 Å². The molecule has 1 aliphatic rings. The number of amides is 1. The Morgan fingerprint density at radius 1 is 1.41 bits per heavy atom. The highest BCUT2D eigenvalue weighted by Gasteiger charge is 2.30. The van der Waals surface area contributed by atoms with Gasteiger partial charge in [-0.25, -0.2) is 4.79 Å². The summed E-state index contributed by atoms with van der Waals surface area (Å²) in [5.74, 6) is 0. The largest absolute Gasteiger partial charge is 0.447 e. The van der Waals surface area contributed by atoms with Crippen LogP contribution in [-0.4, -0.2) is 23.6 Å². The van der Waals surface area contributed by atoms with Gasteiger partial charge in [-0.3, -0.25) is 4.90 Å². The van der Waals surface area contributed by atoms with Crippen LogP contribution in [0.15, 0.2) is 42.5 Å². The van der Waals surface area contributed by atoms with Gasteiger partial charge in [0.05, 0.1) is 6.04 Å². The zero-order valence-electron chi connectivity index (χ0n) is 10.0. The molecule has 1 atom stereocenters. The maximum atomic E-state index is 11.6. The number of rotatable bonds is 4. The number of ether oxygens (including phenoxy) is 1. The second kappa shape index (κ2) is 5.53. The van der Waals surface area contributed by atoms with Crippen molar-refractivity contribution in [1.82, 2.24) is 4.90 Å². The summed E-state index contributed by atoms with van der Waals surface area (Å²) in [6.07, 6.45) is 4.88. The van der Waals surface area contributed by atoms with Crippen molar-refractivity contribution in [3.63, 3.8) is 0 Å². The maximum absolute atomic E-state index is 11.6. The fourth-order valence-electron chi connectivity index (χ4n) is 1.88. The fraction of sp³-hybridized carbons (Fsp3) is 0.357. The molecule has 2 rings (SSSR count). The molecule has 17 heavy (non-hydrogen) atoms. The highest BCUT2D eigenvalue weighted by atomic mass is 16.6. The minimum Gasteiger partial charge on any atom is -0.447 e. The maximum Gasteiger partial charge on any atom is 0.410 e. The summed E-state index contributed by atoms with van der Waals surface area (Å²) in [6, 6.07) is 10.0. The quantitative estimate of drug-likeness (QED) is 0.745. The van der Waals surface area contributed by atoms with E-state index in [9.17, 15) is 4.79 Å². The lowest BCUT2D eigenvalue weighted by Crippen LogP contribution is -2.31. The van der Waals surface area contributed by atoms with Gasteiger partial charge in [0.15, 0.2) is 0 Å². The van der Waals surface area contributed by atoms with E-state index in [-0.39, 0.29) is 12.1 Å². The third-order valence-electron chi connectivity index (χ3n) is 2.80. The molecule has 1 aromatic rings. The molecule has 0 aromatic heterocycles. The van der Waals surface area contributed by atoms with E-state index < -0.39 is 0 Å². The Bertz CT molecular complexity index is 400. The molecule has 1 aliphatic heterocycles. The number of carbonyl (C=O) groups excluding carboxylic acids is 1. The number of hydrogen-bond donors (Lipinski definition) is 0. The van der Waals surface area contributed by atoms with E-state index in [1.807, 2.05) is 36.4 Å². The highest BCUT2D eigenvalue weighted by molar-refractivity contribution is 5.70. The molecule has 0 radical (unpaired) electrons. The molecule has 0 spiro atoms. The normalized spacial score (nSPS) is 19.9. The summed E-state index contributed by atoms with van der Waals surface area (Å²) in [4.78, 5) is 13.4. The van der Waals surface area contributed by atoms with E-state index in [0.717, 1.165) is 12.0 Å². The number of benzene rings is 1. The summed E-state index contributed by atoms with van der Waals surface area (Å²) >= 11 is 0. The SMILES string of the molecule is CC/C=C\[C@@H]1COC(=O)N1Cc1ccccc1. The molecule has 3 nitrogen and oxygen atoms in total. The average Bonchev–Trinajstić information content (AvgIpc) is 2.70. The molecule has 0 aliphatic carbocycles. The van der Waals surface area contributed by atoms with Crippen LogP contribution in [0, 0.1) is 0 Å². The molecule has 0 unspecified atom stereocenters. The molecular formula is C14H17NO2. The van der Waals surface area contributed by atoms with Crippen molar-refractivity contribution in [2.45, 2.75) is 25.9 Å². The van der Waals surface area contributed by atoms with Gasteiger partial charge >= 0.3 is 6.09 Å². The second-order valence-electron chi connectivity index (χ2n) is 4.09. The number of allylic oxidation sites excluding steroid dienone is 1. The second-order valence-corrected chi connectivity index (χ2v) is 4.09. The molecule has 1 heterocycles. The van der Waals surface area contributed by atoms with Crippen molar-refractivity contribution >= 4 is 6.09 Å². The lowest BCUT2D eigenvalue weighted by atomic mass is 10.2. The molecular weight excluding hydrogens is 214 g/mol. The number of cyclic esters (lactones) is 1. The summed E-state index contributed by atoms with van der Waals surface area (Å²) in [6.45, 7) is 3.15. The molecule has 0 bridgehead atoms. The lowest BCUT2D eigenvalue weighted by molar-refractivity contribution is 0.156. The monoisotopic (exact) mass is 231 g/mol. The molecule has 1 fully saturated rings. The van der Waals surface area contributed by atoms with Gasteiger partial charge in [0.25, 0.3) is 0 Å². The van der Waals surface area contributed by atoms with Crippen LogP contribution in [0.4, 0.5) is 4.79 Å². The molecule has 1 amide bonds. The molecule has 3 heteroatoms. The topological polar surface area (TPSA) is 29.5 Å². The molecule has 1 saturated heterocycles. The summed E-state index contributed by atoms with van der Waals surface area (Å²) in [7, 11) is 0. The van der Waals surface area contributed by atoms with Gasteiger partial charge in [-0.05, 0) is 12.0 Å². The van der Waals surface area contributed by atoms with Crippen molar-refractivity contribution in [3.8, 4) is 0 Å². The first-order chi connectivity index (χ1) is 8.31.